The van der Waals surface area contributed by atoms with Crippen molar-refractivity contribution in [2.75, 3.05) is 23.5 Å². The van der Waals surface area contributed by atoms with Gasteiger partial charge in [0.15, 0.2) is 0 Å². The molecule has 32 heavy (non-hydrogen) atoms. The average molecular weight is 457 g/mol. The quantitative estimate of drug-likeness (QED) is 0.473. The maximum atomic E-state index is 13.0. The molecule has 1 aliphatic rings. The van der Waals surface area contributed by atoms with Crippen LogP contribution in [0.3, 0.4) is 0 Å². The number of nitrogens with one attached hydrogen (secondary N) is 2. The Balaban J connectivity index is 1.47. The molecule has 0 aliphatic heterocycles. The highest BCUT2D eigenvalue weighted by molar-refractivity contribution is 7.92. The number of aromatic amines is 1. The molecule has 0 radical (unpaired) electrons. The SMILES string of the molecule is C/C(=C\CC[C@H](C)CS(=N)(=O)CC1CCC(N(C)c2ncnc3[nH]ccc23)CC1)CC#N. The van der Waals surface area contributed by atoms with Crippen LogP contribution < -0.4 is 4.90 Å². The Hall–Kier alpha value is -2.40. The van der Waals surface area contributed by atoms with Crippen molar-refractivity contribution < 1.29 is 4.21 Å². The average Bonchev–Trinajstić information content (AvgIpc) is 3.22. The number of H-pyrrole nitrogens is 1. The van der Waals surface area contributed by atoms with E-state index in [1.54, 1.807) is 6.33 Å². The zero-order valence-corrected chi connectivity index (χ0v) is 20.3. The largest absolute Gasteiger partial charge is 0.356 e. The molecule has 0 amide bonds. The van der Waals surface area contributed by atoms with Crippen LogP contribution in [-0.4, -0.2) is 43.8 Å². The van der Waals surface area contributed by atoms with Crippen molar-refractivity contribution in [3.8, 4) is 6.07 Å². The highest BCUT2D eigenvalue weighted by Gasteiger charge is 2.28. The highest BCUT2D eigenvalue weighted by Crippen LogP contribution is 2.32. The van der Waals surface area contributed by atoms with Crippen LogP contribution in [0.25, 0.3) is 11.0 Å². The molecule has 0 aromatic carbocycles. The van der Waals surface area contributed by atoms with E-state index in [1.165, 1.54) is 0 Å². The number of aromatic nitrogens is 3. The lowest BCUT2D eigenvalue weighted by Crippen LogP contribution is -2.37. The number of hydrogen-bond acceptors (Lipinski definition) is 6. The van der Waals surface area contributed by atoms with Gasteiger partial charge in [-0.15, -0.1) is 0 Å². The van der Waals surface area contributed by atoms with Crippen molar-refractivity contribution in [1.82, 2.24) is 15.0 Å². The Kier molecular flexibility index (Phi) is 8.30. The topological polar surface area (TPSA) is 110 Å². The number of anilines is 1. The summed E-state index contributed by atoms with van der Waals surface area (Å²) in [5.41, 5.74) is 1.95. The fourth-order valence-electron chi connectivity index (χ4n) is 4.81. The first-order valence-electron chi connectivity index (χ1n) is 11.6. The summed E-state index contributed by atoms with van der Waals surface area (Å²) in [6.45, 7) is 4.07. The second kappa shape index (κ2) is 11.0. The summed E-state index contributed by atoms with van der Waals surface area (Å²) in [4.78, 5) is 14.2. The third-order valence-corrected chi connectivity index (χ3v) is 8.72. The molecule has 0 spiro atoms. The molecular weight excluding hydrogens is 420 g/mol. The summed E-state index contributed by atoms with van der Waals surface area (Å²) in [6.07, 6.45) is 12.0. The molecule has 3 rings (SSSR count). The lowest BCUT2D eigenvalue weighted by Gasteiger charge is -2.35. The predicted octanol–water partition coefficient (Wildman–Crippen LogP) is 5.28. The Morgan fingerprint density at radius 3 is 2.88 bits per heavy atom. The molecule has 7 nitrogen and oxygen atoms in total. The fraction of sp³-hybridized carbons (Fsp3) is 0.625. The van der Waals surface area contributed by atoms with E-state index in [2.05, 4.69) is 46.0 Å². The van der Waals surface area contributed by atoms with Gasteiger partial charge in [-0.3, -0.25) is 4.78 Å². The first-order chi connectivity index (χ1) is 15.3. The molecule has 1 unspecified atom stereocenters. The Morgan fingerprint density at radius 1 is 1.41 bits per heavy atom. The van der Waals surface area contributed by atoms with Crippen molar-refractivity contribution in [2.45, 2.75) is 64.8 Å². The monoisotopic (exact) mass is 456 g/mol. The van der Waals surface area contributed by atoms with E-state index in [0.717, 1.165) is 60.9 Å². The Labute approximate surface area is 192 Å². The van der Waals surface area contributed by atoms with Crippen LogP contribution in [0.15, 0.2) is 30.2 Å². The second-order valence-electron chi connectivity index (χ2n) is 9.44. The Morgan fingerprint density at radius 2 is 2.16 bits per heavy atom. The first kappa shape index (κ1) is 24.2. The molecule has 2 aromatic heterocycles. The number of fused-ring (bicyclic) bond motifs is 1. The molecular formula is C24H36N6OS. The summed E-state index contributed by atoms with van der Waals surface area (Å²) in [5.74, 6) is 2.58. The summed E-state index contributed by atoms with van der Waals surface area (Å²) >= 11 is 0. The summed E-state index contributed by atoms with van der Waals surface area (Å²) in [5, 5.41) is 9.77. The van der Waals surface area contributed by atoms with Crippen molar-refractivity contribution >= 4 is 26.6 Å². The van der Waals surface area contributed by atoms with E-state index in [1.807, 2.05) is 19.2 Å². The van der Waals surface area contributed by atoms with E-state index in [4.69, 9.17) is 10.0 Å². The van der Waals surface area contributed by atoms with Crippen LogP contribution in [0.1, 0.15) is 58.8 Å². The molecule has 2 N–H and O–H groups in total. The van der Waals surface area contributed by atoms with Gasteiger partial charge in [-0.2, -0.15) is 5.26 Å². The van der Waals surface area contributed by atoms with Crippen LogP contribution in [0.5, 0.6) is 0 Å². The number of rotatable bonds is 10. The highest BCUT2D eigenvalue weighted by atomic mass is 32.2. The third kappa shape index (κ3) is 6.55. The lowest BCUT2D eigenvalue weighted by molar-refractivity contribution is 0.342. The van der Waals surface area contributed by atoms with Crippen LogP contribution in [0.4, 0.5) is 5.82 Å². The summed E-state index contributed by atoms with van der Waals surface area (Å²) < 4.78 is 21.5. The van der Waals surface area contributed by atoms with E-state index in [9.17, 15) is 4.21 Å². The molecule has 0 bridgehead atoms. The van der Waals surface area contributed by atoms with Gasteiger partial charge < -0.3 is 9.88 Å². The molecule has 0 saturated heterocycles. The fourth-order valence-corrected chi connectivity index (χ4v) is 7.13. The molecule has 174 valence electrons. The minimum atomic E-state index is -2.56. The van der Waals surface area contributed by atoms with Gasteiger partial charge in [0.1, 0.15) is 17.8 Å². The summed E-state index contributed by atoms with van der Waals surface area (Å²) in [7, 11) is -0.465. The maximum absolute atomic E-state index is 13.0. The molecule has 2 aromatic rings. The predicted molar refractivity (Wildman–Crippen MR) is 131 cm³/mol. The zero-order chi connectivity index (χ0) is 23.1. The van der Waals surface area contributed by atoms with Crippen molar-refractivity contribution in [2.24, 2.45) is 11.8 Å². The van der Waals surface area contributed by atoms with E-state index >= 15 is 0 Å². The van der Waals surface area contributed by atoms with Gasteiger partial charge in [-0.1, -0.05) is 18.6 Å². The lowest BCUT2D eigenvalue weighted by atomic mass is 9.86. The van der Waals surface area contributed by atoms with Crippen LogP contribution in [0, 0.1) is 27.9 Å². The number of nitriles is 1. The molecule has 1 saturated carbocycles. The molecule has 8 heteroatoms. The molecule has 1 fully saturated rings. The minimum Gasteiger partial charge on any atom is -0.356 e. The van der Waals surface area contributed by atoms with Gasteiger partial charge in [0, 0.05) is 40.5 Å². The van der Waals surface area contributed by atoms with Gasteiger partial charge in [-0.05, 0) is 63.4 Å². The zero-order valence-electron chi connectivity index (χ0n) is 19.5. The van der Waals surface area contributed by atoms with Crippen molar-refractivity contribution in [1.29, 1.82) is 10.0 Å². The van der Waals surface area contributed by atoms with E-state index in [0.29, 0.717) is 29.9 Å². The van der Waals surface area contributed by atoms with Gasteiger partial charge in [0.05, 0.1) is 17.9 Å². The third-order valence-electron chi connectivity index (χ3n) is 6.60. The number of nitrogens with zero attached hydrogens (tertiary/aromatic N) is 4. The smallest absolute Gasteiger partial charge is 0.142 e. The van der Waals surface area contributed by atoms with Crippen LogP contribution in [0.2, 0.25) is 0 Å². The molecule has 1 aliphatic carbocycles. The minimum absolute atomic E-state index is 0.259. The van der Waals surface area contributed by atoms with E-state index < -0.39 is 9.73 Å². The standard InChI is InChI=1S/C24H36N6OS/c1-18(11-13-25)5-4-6-19(2)15-32(26,31)16-20-7-9-21(10-8-20)30(3)24-22-12-14-27-23(22)28-17-29-24/h5,12,14,17,19-21,26H,4,6-11,15-16H2,1-3H3,(H,27,28,29)/b18-5+/t19-,20?,21?,32?/m0/s1. The van der Waals surface area contributed by atoms with Crippen LogP contribution in [-0.2, 0) is 9.73 Å². The first-order valence-corrected chi connectivity index (χ1v) is 13.5. The van der Waals surface area contributed by atoms with Gasteiger partial charge in [-0.25, -0.2) is 14.2 Å². The maximum Gasteiger partial charge on any atom is 0.142 e. The molecule has 2 atom stereocenters. The number of allylic oxidation sites excluding steroid dienone is 2. The normalized spacial score (nSPS) is 22.2. The van der Waals surface area contributed by atoms with Crippen LogP contribution >= 0.6 is 0 Å². The van der Waals surface area contributed by atoms with Crippen molar-refractivity contribution in [3.05, 3.63) is 30.2 Å². The number of hydrogen-bond donors (Lipinski definition) is 2. The van der Waals surface area contributed by atoms with E-state index in [-0.39, 0.29) is 5.92 Å². The van der Waals surface area contributed by atoms with Gasteiger partial charge in [0.25, 0.3) is 0 Å². The molecule has 2 heterocycles. The second-order valence-corrected chi connectivity index (χ2v) is 11.7. The summed E-state index contributed by atoms with van der Waals surface area (Å²) in [6, 6.07) is 4.58. The Bertz CT molecular complexity index is 1060. The van der Waals surface area contributed by atoms with Crippen molar-refractivity contribution in [3.63, 3.8) is 0 Å². The van der Waals surface area contributed by atoms with Gasteiger partial charge >= 0.3 is 0 Å². The van der Waals surface area contributed by atoms with Gasteiger partial charge in [0.2, 0.25) is 0 Å².